The second-order valence-corrected chi connectivity index (χ2v) is 7.32. The minimum atomic E-state index is -0.672. The summed E-state index contributed by atoms with van der Waals surface area (Å²) in [5.74, 6) is -0.459. The molecule has 0 atom stereocenters. The molecule has 4 nitrogen and oxygen atoms in total. The first kappa shape index (κ1) is 17.0. The highest BCUT2D eigenvalue weighted by Crippen LogP contribution is 2.36. The maximum absolute atomic E-state index is 12.5. The zero-order valence-electron chi connectivity index (χ0n) is 14.2. The van der Waals surface area contributed by atoms with Gasteiger partial charge >= 0.3 is 5.97 Å². The van der Waals surface area contributed by atoms with E-state index in [-0.39, 0.29) is 11.8 Å². The zero-order chi connectivity index (χ0) is 16.9. The zero-order valence-corrected chi connectivity index (χ0v) is 14.2. The monoisotopic (exact) mass is 329 g/mol. The standard InChI is InChI=1S/C20H27NO3/c22-19(21-18-7-2-1-3-8-18)17-6-4-5-16(13-17)14-9-11-15(12-10-14)20(23)24/h4-6,13-15,18H,1-3,7-12H2,(H,21,22)(H,23,24). The Morgan fingerprint density at radius 3 is 2.33 bits per heavy atom. The first-order valence-corrected chi connectivity index (χ1v) is 9.27. The minimum absolute atomic E-state index is 0.0305. The molecule has 2 fully saturated rings. The molecule has 3 rings (SSSR count). The molecule has 0 bridgehead atoms. The number of rotatable bonds is 4. The van der Waals surface area contributed by atoms with Crippen LogP contribution in [0.2, 0.25) is 0 Å². The molecule has 0 radical (unpaired) electrons. The number of hydrogen-bond acceptors (Lipinski definition) is 2. The third kappa shape index (κ3) is 4.16. The Balaban J connectivity index is 1.61. The summed E-state index contributed by atoms with van der Waals surface area (Å²) >= 11 is 0. The SMILES string of the molecule is O=C(NC1CCCCC1)c1cccc(C2CCC(C(=O)O)CC2)c1. The summed E-state index contributed by atoms with van der Waals surface area (Å²) in [7, 11) is 0. The van der Waals surface area contributed by atoms with Gasteiger partial charge in [-0.1, -0.05) is 31.4 Å². The van der Waals surface area contributed by atoms with Gasteiger partial charge in [0, 0.05) is 11.6 Å². The van der Waals surface area contributed by atoms with E-state index < -0.39 is 5.97 Å². The fraction of sp³-hybridized carbons (Fsp3) is 0.600. The molecule has 1 aromatic rings. The Morgan fingerprint density at radius 2 is 1.67 bits per heavy atom. The van der Waals surface area contributed by atoms with Crippen LogP contribution in [0.3, 0.4) is 0 Å². The van der Waals surface area contributed by atoms with Crippen LogP contribution in [0.15, 0.2) is 24.3 Å². The largest absolute Gasteiger partial charge is 0.481 e. The number of amides is 1. The number of carboxylic acid groups (broad SMARTS) is 1. The molecular weight excluding hydrogens is 302 g/mol. The van der Waals surface area contributed by atoms with E-state index in [0.29, 0.717) is 12.0 Å². The summed E-state index contributed by atoms with van der Waals surface area (Å²) in [6.07, 6.45) is 9.12. The first-order valence-electron chi connectivity index (χ1n) is 9.27. The van der Waals surface area contributed by atoms with E-state index in [2.05, 4.69) is 11.4 Å². The fourth-order valence-electron chi connectivity index (χ4n) is 4.12. The van der Waals surface area contributed by atoms with Crippen LogP contribution in [-0.2, 0) is 4.79 Å². The second kappa shape index (κ2) is 7.82. The second-order valence-electron chi connectivity index (χ2n) is 7.32. The fourth-order valence-corrected chi connectivity index (χ4v) is 4.12. The molecule has 2 saturated carbocycles. The number of nitrogens with one attached hydrogen (secondary N) is 1. The van der Waals surface area contributed by atoms with Crippen molar-refractivity contribution in [2.45, 2.75) is 69.7 Å². The van der Waals surface area contributed by atoms with E-state index in [1.807, 2.05) is 18.2 Å². The topological polar surface area (TPSA) is 66.4 Å². The number of benzene rings is 1. The lowest BCUT2D eigenvalue weighted by atomic mass is 9.78. The van der Waals surface area contributed by atoms with Gasteiger partial charge in [0.1, 0.15) is 0 Å². The summed E-state index contributed by atoms with van der Waals surface area (Å²) in [6, 6.07) is 8.23. The van der Waals surface area contributed by atoms with Crippen LogP contribution in [0.4, 0.5) is 0 Å². The molecule has 1 amide bonds. The molecule has 24 heavy (non-hydrogen) atoms. The molecule has 0 spiro atoms. The first-order chi connectivity index (χ1) is 11.6. The van der Waals surface area contributed by atoms with Crippen molar-refractivity contribution in [1.82, 2.24) is 5.32 Å². The van der Waals surface area contributed by atoms with Crippen molar-refractivity contribution >= 4 is 11.9 Å². The molecular formula is C20H27NO3. The van der Waals surface area contributed by atoms with Gasteiger partial charge in [-0.15, -0.1) is 0 Å². The van der Waals surface area contributed by atoms with Crippen molar-refractivity contribution in [2.75, 3.05) is 0 Å². The molecule has 130 valence electrons. The molecule has 0 saturated heterocycles. The van der Waals surface area contributed by atoms with Gasteiger partial charge in [-0.2, -0.15) is 0 Å². The number of carbonyl (C=O) groups is 2. The van der Waals surface area contributed by atoms with E-state index in [1.54, 1.807) is 0 Å². The maximum Gasteiger partial charge on any atom is 0.306 e. The van der Waals surface area contributed by atoms with Gasteiger partial charge in [-0.05, 0) is 62.1 Å². The summed E-state index contributed by atoms with van der Waals surface area (Å²) in [6.45, 7) is 0. The van der Waals surface area contributed by atoms with E-state index in [4.69, 9.17) is 5.11 Å². The van der Waals surface area contributed by atoms with Crippen molar-refractivity contribution in [3.8, 4) is 0 Å². The highest BCUT2D eigenvalue weighted by Gasteiger charge is 2.27. The molecule has 2 aliphatic rings. The highest BCUT2D eigenvalue weighted by atomic mass is 16.4. The minimum Gasteiger partial charge on any atom is -0.481 e. The maximum atomic E-state index is 12.5. The predicted octanol–water partition coefficient (Wildman–Crippen LogP) is 4.11. The van der Waals surface area contributed by atoms with Crippen LogP contribution in [0.5, 0.6) is 0 Å². The van der Waals surface area contributed by atoms with Gasteiger partial charge in [0.2, 0.25) is 0 Å². The Kier molecular flexibility index (Phi) is 5.54. The van der Waals surface area contributed by atoms with Crippen molar-refractivity contribution in [3.05, 3.63) is 35.4 Å². The average Bonchev–Trinajstić information content (AvgIpc) is 2.63. The smallest absolute Gasteiger partial charge is 0.306 e. The van der Waals surface area contributed by atoms with Crippen LogP contribution < -0.4 is 5.32 Å². The lowest BCUT2D eigenvalue weighted by Crippen LogP contribution is -2.36. The summed E-state index contributed by atoms with van der Waals surface area (Å²) < 4.78 is 0. The molecule has 4 heteroatoms. The Hall–Kier alpha value is -1.84. The van der Waals surface area contributed by atoms with Crippen molar-refractivity contribution in [1.29, 1.82) is 0 Å². The number of aliphatic carboxylic acids is 1. The summed E-state index contributed by atoms with van der Waals surface area (Å²) in [5, 5.41) is 12.3. The van der Waals surface area contributed by atoms with E-state index >= 15 is 0 Å². The predicted molar refractivity (Wildman–Crippen MR) is 93.1 cm³/mol. The molecule has 2 aliphatic carbocycles. The lowest BCUT2D eigenvalue weighted by molar-refractivity contribution is -0.142. The van der Waals surface area contributed by atoms with Crippen molar-refractivity contribution in [3.63, 3.8) is 0 Å². The van der Waals surface area contributed by atoms with E-state index in [9.17, 15) is 9.59 Å². The molecule has 0 aliphatic heterocycles. The molecule has 0 unspecified atom stereocenters. The van der Waals surface area contributed by atoms with Crippen molar-refractivity contribution in [2.24, 2.45) is 5.92 Å². The van der Waals surface area contributed by atoms with Gasteiger partial charge in [0.25, 0.3) is 5.91 Å². The van der Waals surface area contributed by atoms with Gasteiger partial charge < -0.3 is 10.4 Å². The Morgan fingerprint density at radius 1 is 0.958 bits per heavy atom. The van der Waals surface area contributed by atoms with Gasteiger partial charge in [0.15, 0.2) is 0 Å². The van der Waals surface area contributed by atoms with Gasteiger partial charge in [-0.25, -0.2) is 0 Å². The highest BCUT2D eigenvalue weighted by molar-refractivity contribution is 5.94. The molecule has 1 aromatic carbocycles. The third-order valence-electron chi connectivity index (χ3n) is 5.64. The van der Waals surface area contributed by atoms with Gasteiger partial charge in [-0.3, -0.25) is 9.59 Å². The Bertz CT molecular complexity index is 584. The van der Waals surface area contributed by atoms with Gasteiger partial charge in [0.05, 0.1) is 5.92 Å². The van der Waals surface area contributed by atoms with Crippen molar-refractivity contribution < 1.29 is 14.7 Å². The lowest BCUT2D eigenvalue weighted by Gasteiger charge is -2.27. The Labute approximate surface area is 143 Å². The van der Waals surface area contributed by atoms with Crippen LogP contribution in [0.25, 0.3) is 0 Å². The summed E-state index contributed by atoms with van der Waals surface area (Å²) in [5.41, 5.74) is 1.91. The normalized spacial score (nSPS) is 25.2. The average molecular weight is 329 g/mol. The van der Waals surface area contributed by atoms with Crippen LogP contribution in [-0.4, -0.2) is 23.0 Å². The number of hydrogen-bond donors (Lipinski definition) is 2. The van der Waals surface area contributed by atoms with Crippen LogP contribution >= 0.6 is 0 Å². The van der Waals surface area contributed by atoms with E-state index in [1.165, 1.54) is 24.8 Å². The number of carbonyl (C=O) groups excluding carboxylic acids is 1. The summed E-state index contributed by atoms with van der Waals surface area (Å²) in [4.78, 5) is 23.6. The molecule has 0 aromatic heterocycles. The van der Waals surface area contributed by atoms with E-state index in [0.717, 1.165) is 44.1 Å². The quantitative estimate of drug-likeness (QED) is 0.873. The molecule has 2 N–H and O–H groups in total. The molecule has 0 heterocycles. The third-order valence-corrected chi connectivity index (χ3v) is 5.64. The van der Waals surface area contributed by atoms with Crippen LogP contribution in [0.1, 0.15) is 79.6 Å². The van der Waals surface area contributed by atoms with Crippen LogP contribution in [0, 0.1) is 5.92 Å². The number of carboxylic acids is 1.